The van der Waals surface area contributed by atoms with Crippen molar-refractivity contribution in [2.24, 2.45) is 0 Å². The predicted molar refractivity (Wildman–Crippen MR) is 98.6 cm³/mol. The molecule has 0 bridgehead atoms. The van der Waals surface area contributed by atoms with E-state index in [1.54, 1.807) is 6.07 Å². The smallest absolute Gasteiger partial charge is 0.338 e. The van der Waals surface area contributed by atoms with Gasteiger partial charge in [0.05, 0.1) is 12.7 Å². The van der Waals surface area contributed by atoms with Crippen LogP contribution in [0.25, 0.3) is 23.3 Å². The van der Waals surface area contributed by atoms with Crippen LogP contribution in [0.2, 0.25) is 0 Å². The molecule has 0 N–H and O–H groups in total. The van der Waals surface area contributed by atoms with E-state index in [-0.39, 0.29) is 5.97 Å². The van der Waals surface area contributed by atoms with E-state index in [4.69, 9.17) is 4.74 Å². The summed E-state index contributed by atoms with van der Waals surface area (Å²) in [6.45, 7) is 0. The Bertz CT molecular complexity index is 847. The van der Waals surface area contributed by atoms with Gasteiger partial charge >= 0.3 is 5.97 Å². The Morgan fingerprint density at radius 3 is 2.08 bits per heavy atom. The average molecular weight is 314 g/mol. The standard InChI is InChI=1S/C22H18O2/c1-24-22(23)21-10-6-5-9-20(21)16-13-17-11-14-19(15-12-17)18-7-3-2-4-8-18/h2-16H,1H3/b16-13+. The molecule has 0 saturated heterocycles. The zero-order valence-electron chi connectivity index (χ0n) is 13.5. The van der Waals surface area contributed by atoms with Crippen LogP contribution in [0.5, 0.6) is 0 Å². The van der Waals surface area contributed by atoms with Crippen molar-refractivity contribution >= 4 is 18.1 Å². The highest BCUT2D eigenvalue weighted by atomic mass is 16.5. The summed E-state index contributed by atoms with van der Waals surface area (Å²) in [4.78, 5) is 11.8. The summed E-state index contributed by atoms with van der Waals surface area (Å²) >= 11 is 0. The van der Waals surface area contributed by atoms with Gasteiger partial charge in [0, 0.05) is 0 Å². The summed E-state index contributed by atoms with van der Waals surface area (Å²) in [6, 6.07) is 26.0. The third kappa shape index (κ3) is 3.61. The molecular formula is C22H18O2. The molecule has 0 unspecified atom stereocenters. The molecule has 0 spiro atoms. The minimum atomic E-state index is -0.324. The molecule has 118 valence electrons. The average Bonchev–Trinajstić information content (AvgIpc) is 2.67. The molecule has 2 nitrogen and oxygen atoms in total. The molecule has 3 aromatic rings. The number of hydrogen-bond acceptors (Lipinski definition) is 2. The highest BCUT2D eigenvalue weighted by Gasteiger charge is 2.08. The molecule has 3 aromatic carbocycles. The van der Waals surface area contributed by atoms with Crippen LogP contribution in [0.1, 0.15) is 21.5 Å². The summed E-state index contributed by atoms with van der Waals surface area (Å²) in [5.41, 5.74) is 4.87. The number of rotatable bonds is 4. The second kappa shape index (κ2) is 7.42. The number of esters is 1. The maximum atomic E-state index is 11.8. The van der Waals surface area contributed by atoms with Crippen molar-refractivity contribution in [3.63, 3.8) is 0 Å². The Balaban J connectivity index is 1.82. The third-order valence-electron chi connectivity index (χ3n) is 3.84. The zero-order chi connectivity index (χ0) is 16.8. The van der Waals surface area contributed by atoms with Crippen molar-refractivity contribution in [2.75, 3.05) is 7.11 Å². The largest absolute Gasteiger partial charge is 0.465 e. The van der Waals surface area contributed by atoms with Gasteiger partial charge in [0.25, 0.3) is 0 Å². The lowest BCUT2D eigenvalue weighted by atomic mass is 10.0. The van der Waals surface area contributed by atoms with Gasteiger partial charge < -0.3 is 4.74 Å². The number of methoxy groups -OCH3 is 1. The minimum absolute atomic E-state index is 0.324. The molecule has 0 saturated carbocycles. The van der Waals surface area contributed by atoms with E-state index in [0.717, 1.165) is 11.1 Å². The molecule has 0 fully saturated rings. The van der Waals surface area contributed by atoms with Crippen molar-refractivity contribution in [3.8, 4) is 11.1 Å². The number of benzene rings is 3. The Kier molecular flexibility index (Phi) is 4.87. The molecular weight excluding hydrogens is 296 g/mol. The van der Waals surface area contributed by atoms with Crippen LogP contribution in [-0.4, -0.2) is 13.1 Å². The van der Waals surface area contributed by atoms with Gasteiger partial charge in [-0.2, -0.15) is 0 Å². The first kappa shape index (κ1) is 15.8. The van der Waals surface area contributed by atoms with Crippen LogP contribution in [0.15, 0.2) is 78.9 Å². The van der Waals surface area contributed by atoms with Gasteiger partial charge in [-0.15, -0.1) is 0 Å². The number of ether oxygens (including phenoxy) is 1. The van der Waals surface area contributed by atoms with Gasteiger partial charge in [-0.3, -0.25) is 0 Å². The highest BCUT2D eigenvalue weighted by Crippen LogP contribution is 2.20. The van der Waals surface area contributed by atoms with Crippen molar-refractivity contribution in [1.29, 1.82) is 0 Å². The fourth-order valence-corrected chi connectivity index (χ4v) is 2.54. The second-order valence-corrected chi connectivity index (χ2v) is 5.40. The van der Waals surface area contributed by atoms with Gasteiger partial charge in [0.1, 0.15) is 0 Å². The molecule has 0 radical (unpaired) electrons. The Labute approximate surface area is 142 Å². The molecule has 0 heterocycles. The molecule has 0 aliphatic rings. The van der Waals surface area contributed by atoms with Crippen LogP contribution in [0, 0.1) is 0 Å². The minimum Gasteiger partial charge on any atom is -0.465 e. The van der Waals surface area contributed by atoms with Gasteiger partial charge in [-0.1, -0.05) is 84.9 Å². The molecule has 0 atom stereocenters. The summed E-state index contributed by atoms with van der Waals surface area (Å²) in [7, 11) is 1.39. The maximum absolute atomic E-state index is 11.8. The molecule has 0 aliphatic heterocycles. The highest BCUT2D eigenvalue weighted by molar-refractivity contribution is 5.94. The summed E-state index contributed by atoms with van der Waals surface area (Å²) < 4.78 is 4.82. The molecule has 0 aromatic heterocycles. The summed E-state index contributed by atoms with van der Waals surface area (Å²) in [6.07, 6.45) is 3.93. The van der Waals surface area contributed by atoms with E-state index in [2.05, 4.69) is 36.4 Å². The van der Waals surface area contributed by atoms with Crippen molar-refractivity contribution in [3.05, 3.63) is 95.6 Å². The molecule has 3 rings (SSSR count). The maximum Gasteiger partial charge on any atom is 0.338 e. The van der Waals surface area contributed by atoms with Crippen LogP contribution in [0.3, 0.4) is 0 Å². The lowest BCUT2D eigenvalue weighted by molar-refractivity contribution is 0.0600. The molecule has 0 amide bonds. The fourth-order valence-electron chi connectivity index (χ4n) is 2.54. The Morgan fingerprint density at radius 1 is 0.750 bits per heavy atom. The monoisotopic (exact) mass is 314 g/mol. The number of carbonyl (C=O) groups is 1. The molecule has 2 heteroatoms. The first-order valence-electron chi connectivity index (χ1n) is 7.79. The third-order valence-corrected chi connectivity index (χ3v) is 3.84. The fraction of sp³-hybridized carbons (Fsp3) is 0.0455. The van der Waals surface area contributed by atoms with Gasteiger partial charge in [0.15, 0.2) is 0 Å². The van der Waals surface area contributed by atoms with Gasteiger partial charge in [-0.05, 0) is 28.3 Å². The van der Waals surface area contributed by atoms with Crippen molar-refractivity contribution < 1.29 is 9.53 Å². The van der Waals surface area contributed by atoms with Crippen LogP contribution in [0.4, 0.5) is 0 Å². The first-order chi connectivity index (χ1) is 11.8. The summed E-state index contributed by atoms with van der Waals surface area (Å²) in [5.74, 6) is -0.324. The van der Waals surface area contributed by atoms with Crippen molar-refractivity contribution in [1.82, 2.24) is 0 Å². The van der Waals surface area contributed by atoms with Crippen molar-refractivity contribution in [2.45, 2.75) is 0 Å². The van der Waals surface area contributed by atoms with E-state index in [0.29, 0.717) is 5.56 Å². The lowest BCUT2D eigenvalue weighted by Crippen LogP contribution is -2.02. The van der Waals surface area contributed by atoms with E-state index in [1.807, 2.05) is 48.6 Å². The zero-order valence-corrected chi connectivity index (χ0v) is 13.5. The van der Waals surface area contributed by atoms with Crippen LogP contribution >= 0.6 is 0 Å². The van der Waals surface area contributed by atoms with E-state index in [1.165, 1.54) is 18.2 Å². The van der Waals surface area contributed by atoms with E-state index < -0.39 is 0 Å². The SMILES string of the molecule is COC(=O)c1ccccc1/C=C/c1ccc(-c2ccccc2)cc1. The topological polar surface area (TPSA) is 26.3 Å². The van der Waals surface area contributed by atoms with Crippen LogP contribution < -0.4 is 0 Å². The van der Waals surface area contributed by atoms with E-state index in [9.17, 15) is 4.79 Å². The lowest BCUT2D eigenvalue weighted by Gasteiger charge is -2.04. The Morgan fingerprint density at radius 2 is 1.38 bits per heavy atom. The van der Waals surface area contributed by atoms with Crippen LogP contribution in [-0.2, 0) is 4.74 Å². The quantitative estimate of drug-likeness (QED) is 0.482. The molecule has 24 heavy (non-hydrogen) atoms. The summed E-state index contributed by atoms with van der Waals surface area (Å²) in [5, 5.41) is 0. The normalized spacial score (nSPS) is 10.7. The van der Waals surface area contributed by atoms with Gasteiger partial charge in [-0.25, -0.2) is 4.79 Å². The first-order valence-corrected chi connectivity index (χ1v) is 7.79. The second-order valence-electron chi connectivity index (χ2n) is 5.40. The molecule has 0 aliphatic carbocycles. The number of carbonyl (C=O) groups excluding carboxylic acids is 1. The van der Waals surface area contributed by atoms with Gasteiger partial charge in [0.2, 0.25) is 0 Å². The van der Waals surface area contributed by atoms with E-state index >= 15 is 0 Å². The Hall–Kier alpha value is -3.13. The predicted octanol–water partition coefficient (Wildman–Crippen LogP) is 5.31. The number of hydrogen-bond donors (Lipinski definition) is 0.